The fourth-order valence-electron chi connectivity index (χ4n) is 0.568. The summed E-state index contributed by atoms with van der Waals surface area (Å²) in [7, 11) is -6.09. The number of halogens is 4. The van der Waals surface area contributed by atoms with Gasteiger partial charge < -0.3 is 4.55 Å². The average Bonchev–Trinajstić information content (AvgIpc) is 2.16. The van der Waals surface area contributed by atoms with E-state index in [1.807, 2.05) is 22.6 Å². The maximum atomic E-state index is 10.7. The van der Waals surface area contributed by atoms with E-state index in [0.717, 1.165) is 3.57 Å². The number of hydrogen-bond acceptors (Lipinski definition) is 5. The van der Waals surface area contributed by atoms with E-state index in [0.29, 0.717) is 0 Å². The van der Waals surface area contributed by atoms with Crippen LogP contribution < -0.4 is 22.6 Å². The van der Waals surface area contributed by atoms with Gasteiger partial charge in [-0.05, 0) is 12.1 Å². The molecule has 18 heavy (non-hydrogen) atoms. The largest absolute Gasteiger partial charge is 0.741 e. The summed E-state index contributed by atoms with van der Waals surface area (Å²) >= 11 is 1.82. The smallest absolute Gasteiger partial charge is 0.485 e. The molecule has 6 nitrogen and oxygen atoms in total. The molecule has 0 saturated heterocycles. The lowest BCUT2D eigenvalue weighted by atomic mass is 10.3. The lowest BCUT2D eigenvalue weighted by molar-refractivity contribution is -0.385. The maximum absolute atomic E-state index is 10.7. The minimum atomic E-state index is -6.09. The molecule has 0 spiro atoms. The van der Waals surface area contributed by atoms with E-state index in [-0.39, 0.29) is 5.69 Å². The Kier molecular flexibility index (Phi) is 5.95. The van der Waals surface area contributed by atoms with E-state index in [9.17, 15) is 23.3 Å². The molecule has 1 aromatic carbocycles. The Bertz CT molecular complexity index is 513. The number of benzene rings is 1. The molecule has 1 rings (SSSR count). The summed E-state index contributed by atoms with van der Waals surface area (Å²) in [5.41, 5.74) is -5.50. The number of alkyl halides is 3. The van der Waals surface area contributed by atoms with E-state index in [1.54, 1.807) is 12.1 Å². The van der Waals surface area contributed by atoms with Gasteiger partial charge in [-0.1, -0.05) is 0 Å². The lowest BCUT2D eigenvalue weighted by Crippen LogP contribution is -3.34. The van der Waals surface area contributed by atoms with E-state index >= 15 is 0 Å². The Morgan fingerprint density at radius 1 is 1.17 bits per heavy atom. The topological polar surface area (TPSA) is 100 Å². The second-order valence-electron chi connectivity index (χ2n) is 2.65. The number of rotatable bonds is 1. The Labute approximate surface area is 113 Å². The Morgan fingerprint density at radius 3 is 1.72 bits per heavy atom. The average molecular weight is 399 g/mol. The van der Waals surface area contributed by atoms with Gasteiger partial charge in [-0.2, -0.15) is 13.2 Å². The van der Waals surface area contributed by atoms with Crippen LogP contribution >= 0.6 is 0 Å². The van der Waals surface area contributed by atoms with Gasteiger partial charge in [0.05, 0.1) is 4.92 Å². The van der Waals surface area contributed by atoms with Crippen molar-refractivity contribution in [2.75, 3.05) is 0 Å². The molecule has 0 unspecified atom stereocenters. The molecule has 0 fully saturated rings. The van der Waals surface area contributed by atoms with Crippen molar-refractivity contribution < 1.29 is 53.7 Å². The number of nitro benzene ring substituents is 1. The molecule has 1 aromatic rings. The first-order chi connectivity index (χ1) is 7.95. The molecule has 0 aromatic heterocycles. The highest BCUT2D eigenvalue weighted by Crippen LogP contribution is 2.20. The lowest BCUT2D eigenvalue weighted by Gasteiger charge is -2.08. The van der Waals surface area contributed by atoms with Crippen LogP contribution in [-0.4, -0.2) is 23.4 Å². The van der Waals surface area contributed by atoms with Crippen molar-refractivity contribution in [3.63, 3.8) is 0 Å². The first-order valence-corrected chi connectivity index (χ1v) is 6.46. The minimum Gasteiger partial charge on any atom is -0.741 e. The van der Waals surface area contributed by atoms with Gasteiger partial charge in [0.1, 0.15) is 0 Å². The van der Waals surface area contributed by atoms with Crippen molar-refractivity contribution in [3.05, 3.63) is 37.9 Å². The zero-order valence-electron chi connectivity index (χ0n) is 8.25. The highest BCUT2D eigenvalue weighted by molar-refractivity contribution is 7.86. The van der Waals surface area contributed by atoms with Crippen molar-refractivity contribution in [1.29, 1.82) is 0 Å². The van der Waals surface area contributed by atoms with Crippen LogP contribution in [0, 0.1) is 13.7 Å². The van der Waals surface area contributed by atoms with Crippen LogP contribution in [0.2, 0.25) is 0 Å². The minimum absolute atomic E-state index is 0.146. The van der Waals surface area contributed by atoms with Crippen LogP contribution in [-0.2, 0) is 10.1 Å². The predicted octanol–water partition coefficient (Wildman–Crippen LogP) is -1.90. The second-order valence-corrected chi connectivity index (χ2v) is 5.37. The number of nitro groups is 1. The van der Waals surface area contributed by atoms with Gasteiger partial charge in [-0.25, -0.2) is 8.42 Å². The molecule has 0 heterocycles. The first-order valence-electron chi connectivity index (χ1n) is 3.89. The van der Waals surface area contributed by atoms with Crippen LogP contribution in [0.5, 0.6) is 0 Å². The molecule has 0 N–H and O–H groups in total. The van der Waals surface area contributed by atoms with Gasteiger partial charge in [0.2, 0.25) is 0 Å². The van der Waals surface area contributed by atoms with Gasteiger partial charge >= 0.3 is 5.51 Å². The van der Waals surface area contributed by atoms with Gasteiger partial charge in [-0.3, -0.25) is 10.1 Å². The summed E-state index contributed by atoms with van der Waals surface area (Å²) in [6.45, 7) is 0. The molecule has 11 heteroatoms. The maximum Gasteiger partial charge on any atom is 0.485 e. The SMILES string of the molecule is O=S(=O)([O-])C(F)(F)F.O=[N+]([O-])c1ccc([IH+])cc1. The second kappa shape index (κ2) is 6.29. The molecule has 102 valence electrons. The van der Waals surface area contributed by atoms with E-state index < -0.39 is 20.5 Å². The monoisotopic (exact) mass is 399 g/mol. The normalized spacial score (nSPS) is 11.4. The molecule has 0 atom stereocenters. The number of non-ortho nitro benzene ring substituents is 1. The molecule has 0 amide bonds. The standard InChI is InChI=1S/C6H5INO2.CHF3O3S/c7-5-1-3-6(4-2-5)8(9)10;2-1(3,4)8(5,6)7/h1-4,7H;(H,5,6,7)/q+1;/p-1. The summed E-state index contributed by atoms with van der Waals surface area (Å²) < 4.78 is 59.9. The third-order valence-electron chi connectivity index (χ3n) is 1.33. The molecule has 0 radical (unpaired) electrons. The van der Waals surface area contributed by atoms with Crippen LogP contribution in [0.25, 0.3) is 0 Å². The Morgan fingerprint density at radius 2 is 1.50 bits per heavy atom. The highest BCUT2D eigenvalue weighted by atomic mass is 127. The third-order valence-corrected chi connectivity index (χ3v) is 2.67. The van der Waals surface area contributed by atoms with Crippen LogP contribution in [0.15, 0.2) is 24.3 Å². The zero-order chi connectivity index (χ0) is 14.6. The highest BCUT2D eigenvalue weighted by Gasteiger charge is 2.36. The van der Waals surface area contributed by atoms with E-state index in [4.69, 9.17) is 13.0 Å². The van der Waals surface area contributed by atoms with E-state index in [2.05, 4.69) is 0 Å². The van der Waals surface area contributed by atoms with Crippen molar-refractivity contribution in [2.45, 2.75) is 5.51 Å². The van der Waals surface area contributed by atoms with Gasteiger partial charge in [0.15, 0.2) is 13.7 Å². The molecule has 0 aliphatic heterocycles. The molecular formula is C7H5F3INO5S. The molecule has 0 bridgehead atoms. The molecule has 0 saturated carbocycles. The number of hydrogen-bond donors (Lipinski definition) is 0. The van der Waals surface area contributed by atoms with Gasteiger partial charge in [-0.15, -0.1) is 0 Å². The van der Waals surface area contributed by atoms with Crippen LogP contribution in [0.3, 0.4) is 0 Å². The van der Waals surface area contributed by atoms with Crippen molar-refractivity contribution in [2.24, 2.45) is 0 Å². The fraction of sp³-hybridized carbons (Fsp3) is 0.143. The predicted molar refractivity (Wildman–Crippen MR) is 48.9 cm³/mol. The van der Waals surface area contributed by atoms with Crippen molar-refractivity contribution in [3.8, 4) is 0 Å². The third kappa shape index (κ3) is 6.11. The van der Waals surface area contributed by atoms with Gasteiger partial charge in [0.25, 0.3) is 28.3 Å². The molecular weight excluding hydrogens is 394 g/mol. The quantitative estimate of drug-likeness (QED) is 0.181. The van der Waals surface area contributed by atoms with Crippen molar-refractivity contribution in [1.82, 2.24) is 0 Å². The van der Waals surface area contributed by atoms with E-state index in [1.165, 1.54) is 12.1 Å². The van der Waals surface area contributed by atoms with Crippen LogP contribution in [0.4, 0.5) is 18.9 Å². The number of nitrogens with zero attached hydrogens (tertiary/aromatic N) is 1. The Balaban J connectivity index is 0.000000331. The molecule has 0 aliphatic rings. The summed E-state index contributed by atoms with van der Waals surface area (Å²) in [6, 6.07) is 6.45. The zero-order valence-corrected chi connectivity index (χ0v) is 11.4. The summed E-state index contributed by atoms with van der Waals surface area (Å²) in [6.07, 6.45) is 0. The van der Waals surface area contributed by atoms with Crippen LogP contribution in [0.1, 0.15) is 0 Å². The van der Waals surface area contributed by atoms with Gasteiger partial charge in [0, 0.05) is 12.1 Å². The summed E-state index contributed by atoms with van der Waals surface area (Å²) in [4.78, 5) is 9.72. The summed E-state index contributed by atoms with van der Waals surface area (Å²) in [5, 5.41) is 10.1. The first kappa shape index (κ1) is 17.1. The molecule has 0 aliphatic carbocycles. The fourth-order valence-corrected chi connectivity index (χ4v) is 0.956. The summed E-state index contributed by atoms with van der Waals surface area (Å²) in [5.74, 6) is 0. The van der Waals surface area contributed by atoms with Crippen molar-refractivity contribution >= 4 is 15.8 Å². The Hall–Kier alpha value is -0.950.